The number of hydrogen-bond acceptors (Lipinski definition) is 7. The van der Waals surface area contributed by atoms with Crippen LogP contribution in [0.5, 0.6) is 11.5 Å². The predicted molar refractivity (Wildman–Crippen MR) is 108 cm³/mol. The molecular formula is C22H17N3O5. The molecule has 0 aliphatic heterocycles. The van der Waals surface area contributed by atoms with Crippen molar-refractivity contribution in [1.29, 1.82) is 0 Å². The Balaban J connectivity index is 1.93. The van der Waals surface area contributed by atoms with Gasteiger partial charge in [-0.3, -0.25) is 14.2 Å². The van der Waals surface area contributed by atoms with Crippen LogP contribution in [-0.4, -0.2) is 34.7 Å². The van der Waals surface area contributed by atoms with Crippen LogP contribution in [0.25, 0.3) is 22.0 Å². The number of pyridine rings is 1. The zero-order valence-corrected chi connectivity index (χ0v) is 16.6. The molecule has 1 aliphatic rings. The van der Waals surface area contributed by atoms with E-state index in [0.29, 0.717) is 39.3 Å². The van der Waals surface area contributed by atoms with Crippen LogP contribution in [0.3, 0.4) is 0 Å². The number of methoxy groups -OCH3 is 2. The third-order valence-electron chi connectivity index (χ3n) is 5.30. The van der Waals surface area contributed by atoms with E-state index in [9.17, 15) is 9.59 Å². The van der Waals surface area contributed by atoms with Gasteiger partial charge in [0.2, 0.25) is 5.89 Å². The number of ketones is 1. The number of carbonyl (C=O) groups excluding carboxylic acids is 1. The number of benzene rings is 2. The standard InChI is InChI=1S/C22H17N3O5/c1-11-23-16(30-24-11)10-25-19-12-6-4-5-7-13(12)20(26)17(19)14-8-9-15(28-2)21(29-3)18(14)22(25)27/h4-9H,10H2,1-3H3. The van der Waals surface area contributed by atoms with Crippen molar-refractivity contribution in [2.45, 2.75) is 13.5 Å². The summed E-state index contributed by atoms with van der Waals surface area (Å²) < 4.78 is 17.6. The Hall–Kier alpha value is -3.94. The van der Waals surface area contributed by atoms with E-state index in [0.717, 1.165) is 0 Å². The average molecular weight is 403 g/mol. The number of rotatable bonds is 4. The van der Waals surface area contributed by atoms with Gasteiger partial charge in [0.1, 0.15) is 6.54 Å². The molecule has 1 aliphatic carbocycles. The first kappa shape index (κ1) is 18.1. The molecule has 4 aromatic rings. The molecule has 5 rings (SSSR count). The third kappa shape index (κ3) is 2.40. The summed E-state index contributed by atoms with van der Waals surface area (Å²) in [5, 5.41) is 4.60. The highest BCUT2D eigenvalue weighted by molar-refractivity contribution is 6.27. The Morgan fingerprint density at radius 2 is 1.80 bits per heavy atom. The summed E-state index contributed by atoms with van der Waals surface area (Å²) in [4.78, 5) is 31.3. The highest BCUT2D eigenvalue weighted by atomic mass is 16.5. The van der Waals surface area contributed by atoms with E-state index in [4.69, 9.17) is 14.0 Å². The monoisotopic (exact) mass is 403 g/mol. The molecule has 2 heterocycles. The van der Waals surface area contributed by atoms with Gasteiger partial charge < -0.3 is 14.0 Å². The van der Waals surface area contributed by atoms with Crippen molar-refractivity contribution in [3.63, 3.8) is 0 Å². The van der Waals surface area contributed by atoms with Gasteiger partial charge in [0.05, 0.1) is 30.9 Å². The van der Waals surface area contributed by atoms with E-state index in [1.165, 1.54) is 18.8 Å². The molecule has 150 valence electrons. The van der Waals surface area contributed by atoms with Crippen molar-refractivity contribution in [2.75, 3.05) is 14.2 Å². The molecule has 0 unspecified atom stereocenters. The van der Waals surface area contributed by atoms with Gasteiger partial charge in [-0.25, -0.2) is 0 Å². The van der Waals surface area contributed by atoms with E-state index in [-0.39, 0.29) is 34.9 Å². The Kier molecular flexibility index (Phi) is 3.95. The minimum absolute atomic E-state index is 0.0277. The molecular weight excluding hydrogens is 386 g/mol. The molecule has 0 amide bonds. The maximum absolute atomic E-state index is 13.7. The van der Waals surface area contributed by atoms with Crippen LogP contribution in [0.2, 0.25) is 0 Å². The first-order valence-electron chi connectivity index (χ1n) is 9.30. The second-order valence-electron chi connectivity index (χ2n) is 6.95. The van der Waals surface area contributed by atoms with Crippen LogP contribution in [0.1, 0.15) is 27.6 Å². The molecule has 0 fully saturated rings. The summed E-state index contributed by atoms with van der Waals surface area (Å²) in [7, 11) is 2.96. The van der Waals surface area contributed by atoms with Gasteiger partial charge in [-0.1, -0.05) is 29.4 Å². The number of ether oxygens (including phenoxy) is 2. The van der Waals surface area contributed by atoms with Gasteiger partial charge in [-0.05, 0) is 19.1 Å². The van der Waals surface area contributed by atoms with E-state index in [1.807, 2.05) is 12.1 Å². The van der Waals surface area contributed by atoms with E-state index < -0.39 is 0 Å². The van der Waals surface area contributed by atoms with Crippen LogP contribution in [0, 0.1) is 6.92 Å². The highest BCUT2D eigenvalue weighted by Crippen LogP contribution is 2.43. The molecule has 0 bridgehead atoms. The number of hydrogen-bond donors (Lipinski definition) is 0. The lowest BCUT2D eigenvalue weighted by atomic mass is 10.0. The number of nitrogens with zero attached hydrogens (tertiary/aromatic N) is 3. The summed E-state index contributed by atoms with van der Waals surface area (Å²) in [5.41, 5.74) is 1.89. The molecule has 0 saturated carbocycles. The zero-order chi connectivity index (χ0) is 21.0. The molecule has 2 aromatic carbocycles. The van der Waals surface area contributed by atoms with E-state index >= 15 is 0 Å². The fraction of sp³-hybridized carbons (Fsp3) is 0.182. The van der Waals surface area contributed by atoms with Gasteiger partial charge in [0.15, 0.2) is 23.1 Å². The number of fused-ring (bicyclic) bond motifs is 5. The van der Waals surface area contributed by atoms with Crippen LogP contribution in [-0.2, 0) is 6.54 Å². The summed E-state index contributed by atoms with van der Waals surface area (Å²) in [5.74, 6) is 1.28. The molecule has 30 heavy (non-hydrogen) atoms. The largest absolute Gasteiger partial charge is 0.493 e. The summed E-state index contributed by atoms with van der Waals surface area (Å²) in [6, 6.07) is 10.7. The molecule has 0 saturated heterocycles. The Morgan fingerprint density at radius 1 is 1.03 bits per heavy atom. The van der Waals surface area contributed by atoms with Gasteiger partial charge in [-0.2, -0.15) is 4.98 Å². The molecule has 0 spiro atoms. The van der Waals surface area contributed by atoms with Crippen LogP contribution < -0.4 is 15.0 Å². The van der Waals surface area contributed by atoms with Gasteiger partial charge in [0, 0.05) is 16.5 Å². The fourth-order valence-electron chi connectivity index (χ4n) is 4.07. The summed E-state index contributed by atoms with van der Waals surface area (Å²) in [6.07, 6.45) is 0. The van der Waals surface area contributed by atoms with E-state index in [2.05, 4.69) is 10.1 Å². The SMILES string of the molecule is COc1ccc2c3c(n(Cc4nc(C)no4)c(=O)c2c1OC)-c1ccccc1C3=O. The van der Waals surface area contributed by atoms with Crippen LogP contribution >= 0.6 is 0 Å². The molecule has 0 radical (unpaired) electrons. The second kappa shape index (κ2) is 6.55. The van der Waals surface area contributed by atoms with Crippen molar-refractivity contribution in [2.24, 2.45) is 0 Å². The van der Waals surface area contributed by atoms with Crippen molar-refractivity contribution < 1.29 is 18.8 Å². The molecule has 2 aromatic heterocycles. The molecule has 8 heteroatoms. The topological polar surface area (TPSA) is 96.5 Å². The van der Waals surface area contributed by atoms with Crippen molar-refractivity contribution in [1.82, 2.24) is 14.7 Å². The lowest BCUT2D eigenvalue weighted by Crippen LogP contribution is -2.24. The summed E-state index contributed by atoms with van der Waals surface area (Å²) >= 11 is 0. The number of aromatic nitrogens is 3. The van der Waals surface area contributed by atoms with Crippen molar-refractivity contribution in [3.8, 4) is 22.8 Å². The van der Waals surface area contributed by atoms with Crippen LogP contribution in [0.4, 0.5) is 0 Å². The normalized spacial score (nSPS) is 12.2. The van der Waals surface area contributed by atoms with Crippen molar-refractivity contribution in [3.05, 3.63) is 69.6 Å². The molecule has 0 N–H and O–H groups in total. The highest BCUT2D eigenvalue weighted by Gasteiger charge is 2.34. The Labute approximate surface area is 170 Å². The maximum atomic E-state index is 13.7. The average Bonchev–Trinajstić information content (AvgIpc) is 3.31. The lowest BCUT2D eigenvalue weighted by molar-refractivity contribution is 0.104. The minimum atomic E-state index is -0.333. The summed E-state index contributed by atoms with van der Waals surface area (Å²) in [6.45, 7) is 1.73. The maximum Gasteiger partial charge on any atom is 0.263 e. The smallest absolute Gasteiger partial charge is 0.263 e. The molecule has 8 nitrogen and oxygen atoms in total. The van der Waals surface area contributed by atoms with Gasteiger partial charge in [0.25, 0.3) is 5.56 Å². The van der Waals surface area contributed by atoms with E-state index in [1.54, 1.807) is 31.2 Å². The Bertz CT molecular complexity index is 1400. The third-order valence-corrected chi connectivity index (χ3v) is 5.30. The molecule has 0 atom stereocenters. The number of aryl methyl sites for hydroxylation is 1. The van der Waals surface area contributed by atoms with Gasteiger partial charge >= 0.3 is 0 Å². The minimum Gasteiger partial charge on any atom is -0.493 e. The zero-order valence-electron chi connectivity index (χ0n) is 16.6. The van der Waals surface area contributed by atoms with Crippen molar-refractivity contribution >= 4 is 16.6 Å². The quantitative estimate of drug-likeness (QED) is 0.455. The predicted octanol–water partition coefficient (Wildman–Crippen LogP) is 2.97. The van der Waals surface area contributed by atoms with Gasteiger partial charge in [-0.15, -0.1) is 0 Å². The first-order valence-corrected chi connectivity index (χ1v) is 9.30. The fourth-order valence-corrected chi connectivity index (χ4v) is 4.07. The second-order valence-corrected chi connectivity index (χ2v) is 6.95. The van der Waals surface area contributed by atoms with Crippen LogP contribution in [0.15, 0.2) is 45.7 Å². The first-order chi connectivity index (χ1) is 14.5. The number of carbonyl (C=O) groups is 1. The lowest BCUT2D eigenvalue weighted by Gasteiger charge is -2.16. The Morgan fingerprint density at radius 3 is 2.47 bits per heavy atom.